The van der Waals surface area contributed by atoms with E-state index in [0.29, 0.717) is 42.7 Å². The molecule has 200 valence electrons. The minimum atomic E-state index is -4.63. The first kappa shape index (κ1) is 25.0. The summed E-state index contributed by atoms with van der Waals surface area (Å²) in [7, 11) is 3.45. The van der Waals surface area contributed by atoms with Gasteiger partial charge < -0.3 is 14.0 Å². The van der Waals surface area contributed by atoms with Gasteiger partial charge in [0.1, 0.15) is 5.82 Å². The number of imidazole rings is 1. The summed E-state index contributed by atoms with van der Waals surface area (Å²) >= 11 is 0. The van der Waals surface area contributed by atoms with Crippen molar-refractivity contribution in [3.8, 4) is 11.1 Å². The first-order valence-electron chi connectivity index (χ1n) is 12.7. The number of hydrogen-bond acceptors (Lipinski definition) is 3. The van der Waals surface area contributed by atoms with E-state index < -0.39 is 11.9 Å². The topological polar surface area (TPSA) is 60.9 Å². The second kappa shape index (κ2) is 9.14. The molecule has 0 bridgehead atoms. The third-order valence-electron chi connectivity index (χ3n) is 7.46. The van der Waals surface area contributed by atoms with E-state index in [9.17, 15) is 18.0 Å². The van der Waals surface area contributed by atoms with E-state index in [-0.39, 0.29) is 11.5 Å². The van der Waals surface area contributed by atoms with E-state index in [4.69, 9.17) is 0 Å². The molecule has 4 heterocycles. The molecule has 0 aliphatic carbocycles. The molecule has 0 saturated heterocycles. The molecule has 0 spiro atoms. The lowest BCUT2D eigenvalue weighted by Gasteiger charge is -2.30. The highest BCUT2D eigenvalue weighted by Crippen LogP contribution is 2.40. The largest absolute Gasteiger partial charge is 0.435 e. The molecule has 10 heteroatoms. The number of nitrogens with zero attached hydrogens (tertiary/aromatic N) is 6. The third-order valence-corrected chi connectivity index (χ3v) is 7.46. The molecule has 1 amide bonds. The molecule has 1 aliphatic heterocycles. The molecule has 6 rings (SSSR count). The van der Waals surface area contributed by atoms with E-state index in [1.165, 1.54) is 17.9 Å². The van der Waals surface area contributed by atoms with Crippen molar-refractivity contribution in [1.29, 1.82) is 0 Å². The van der Waals surface area contributed by atoms with Gasteiger partial charge in [-0.1, -0.05) is 18.2 Å². The number of para-hydroxylation sites is 1. The molecule has 0 saturated carbocycles. The molecule has 0 radical (unpaired) electrons. The van der Waals surface area contributed by atoms with Crippen molar-refractivity contribution >= 4 is 16.8 Å². The SMILES string of the molecule is Cc1nccn1Cc1cc2c(c(-c3cn(C)nc3C(F)(F)F)c1)CCN(Cc1cn(C)c3ccccc13)C2=O. The molecule has 39 heavy (non-hydrogen) atoms. The van der Waals surface area contributed by atoms with Gasteiger partial charge in [0.05, 0.1) is 0 Å². The number of halogens is 3. The highest BCUT2D eigenvalue weighted by atomic mass is 19.4. The maximum absolute atomic E-state index is 14.0. The smallest absolute Gasteiger partial charge is 0.350 e. The van der Waals surface area contributed by atoms with Crippen LogP contribution in [0.15, 0.2) is 61.2 Å². The van der Waals surface area contributed by atoms with Gasteiger partial charge in [-0.05, 0) is 53.8 Å². The molecular formula is C29H27F3N6O. The molecule has 5 aromatic rings. The van der Waals surface area contributed by atoms with Crippen LogP contribution in [0.5, 0.6) is 0 Å². The normalized spacial score (nSPS) is 13.9. The summed E-state index contributed by atoms with van der Waals surface area (Å²) < 4.78 is 47.1. The molecule has 7 nitrogen and oxygen atoms in total. The van der Waals surface area contributed by atoms with Crippen LogP contribution in [0.3, 0.4) is 0 Å². The zero-order chi connectivity index (χ0) is 27.5. The first-order valence-corrected chi connectivity index (χ1v) is 12.7. The zero-order valence-electron chi connectivity index (χ0n) is 21.8. The predicted molar refractivity (Wildman–Crippen MR) is 141 cm³/mol. The summed E-state index contributed by atoms with van der Waals surface area (Å²) in [6.07, 6.45) is 2.72. The highest BCUT2D eigenvalue weighted by molar-refractivity contribution is 5.99. The van der Waals surface area contributed by atoms with Crippen LogP contribution in [0.25, 0.3) is 22.0 Å². The maximum Gasteiger partial charge on any atom is 0.435 e. The van der Waals surface area contributed by atoms with Crippen molar-refractivity contribution < 1.29 is 18.0 Å². The quantitative estimate of drug-likeness (QED) is 0.307. The van der Waals surface area contributed by atoms with Crippen molar-refractivity contribution in [3.05, 3.63) is 95.0 Å². The third kappa shape index (κ3) is 4.39. The fourth-order valence-electron chi connectivity index (χ4n) is 5.61. The van der Waals surface area contributed by atoms with Crippen LogP contribution in [-0.2, 0) is 39.8 Å². The summed E-state index contributed by atoms with van der Waals surface area (Å²) in [5.41, 5.74) is 3.33. The van der Waals surface area contributed by atoms with Gasteiger partial charge in [0.25, 0.3) is 5.91 Å². The Morgan fingerprint density at radius 1 is 1.00 bits per heavy atom. The number of aryl methyl sites for hydroxylation is 3. The second-order valence-electron chi connectivity index (χ2n) is 10.1. The van der Waals surface area contributed by atoms with Gasteiger partial charge in [-0.2, -0.15) is 18.3 Å². The van der Waals surface area contributed by atoms with Crippen LogP contribution < -0.4 is 0 Å². The molecule has 0 fully saturated rings. The van der Waals surface area contributed by atoms with Gasteiger partial charge in [-0.25, -0.2) is 4.98 Å². The van der Waals surface area contributed by atoms with E-state index in [1.807, 2.05) is 65.8 Å². The highest BCUT2D eigenvalue weighted by Gasteiger charge is 2.39. The summed E-state index contributed by atoms with van der Waals surface area (Å²) in [6, 6.07) is 11.6. The molecule has 0 atom stereocenters. The van der Waals surface area contributed by atoms with Gasteiger partial charge in [-0.15, -0.1) is 0 Å². The standard InChI is InChI=1S/C29H27F3N6O/c1-18-33-9-11-37(18)14-19-12-23(25-17-36(3)34-27(25)29(30,31)32)22-8-10-38(28(39)24(22)13-19)16-20-15-35(2)26-7-5-4-6-21(20)26/h4-7,9,11-13,15,17H,8,10,14,16H2,1-3H3. The van der Waals surface area contributed by atoms with Crippen molar-refractivity contribution in [2.45, 2.75) is 32.6 Å². The molecular weight excluding hydrogens is 505 g/mol. The lowest BCUT2D eigenvalue weighted by atomic mass is 9.88. The Kier molecular flexibility index (Phi) is 5.85. The number of rotatable bonds is 5. The number of aromatic nitrogens is 5. The second-order valence-corrected chi connectivity index (χ2v) is 10.1. The number of fused-ring (bicyclic) bond motifs is 2. The van der Waals surface area contributed by atoms with Gasteiger partial charge in [0, 0.05) is 80.5 Å². The monoisotopic (exact) mass is 532 g/mol. The minimum absolute atomic E-state index is 0.0132. The average molecular weight is 533 g/mol. The van der Waals surface area contributed by atoms with E-state index in [1.54, 1.807) is 17.2 Å². The molecule has 3 aromatic heterocycles. The Bertz CT molecular complexity index is 1720. The van der Waals surface area contributed by atoms with Crippen molar-refractivity contribution in [3.63, 3.8) is 0 Å². The van der Waals surface area contributed by atoms with Crippen molar-refractivity contribution in [2.75, 3.05) is 6.54 Å². The molecule has 0 N–H and O–H groups in total. The minimum Gasteiger partial charge on any atom is -0.350 e. The van der Waals surface area contributed by atoms with Crippen molar-refractivity contribution in [1.82, 2.24) is 28.8 Å². The average Bonchev–Trinajstić information content (AvgIpc) is 3.58. The van der Waals surface area contributed by atoms with Gasteiger partial charge in [0.2, 0.25) is 0 Å². The van der Waals surface area contributed by atoms with Crippen LogP contribution in [-0.4, -0.2) is 41.3 Å². The number of carbonyl (C=O) groups excluding carboxylic acids is 1. The summed E-state index contributed by atoms with van der Waals surface area (Å²) in [6.45, 7) is 3.06. The van der Waals surface area contributed by atoms with Gasteiger partial charge in [0.15, 0.2) is 5.69 Å². The predicted octanol–water partition coefficient (Wildman–Crippen LogP) is 5.35. The van der Waals surface area contributed by atoms with Crippen molar-refractivity contribution in [2.24, 2.45) is 14.1 Å². The first-order chi connectivity index (χ1) is 18.6. The fraction of sp³-hybridized carbons (Fsp3) is 0.276. The Morgan fingerprint density at radius 3 is 2.51 bits per heavy atom. The maximum atomic E-state index is 14.0. The Balaban J connectivity index is 1.45. The number of benzene rings is 2. The van der Waals surface area contributed by atoms with Gasteiger partial charge in [-0.3, -0.25) is 9.48 Å². The van der Waals surface area contributed by atoms with Gasteiger partial charge >= 0.3 is 6.18 Å². The summed E-state index contributed by atoms with van der Waals surface area (Å²) in [5, 5.41) is 4.80. The van der Waals surface area contributed by atoms with Crippen LogP contribution in [0.1, 0.15) is 38.6 Å². The van der Waals surface area contributed by atoms with Crippen LogP contribution in [0.4, 0.5) is 13.2 Å². The zero-order valence-corrected chi connectivity index (χ0v) is 21.8. The van der Waals surface area contributed by atoms with E-state index in [0.717, 1.165) is 27.9 Å². The molecule has 1 aliphatic rings. The van der Waals surface area contributed by atoms with Crippen LogP contribution in [0, 0.1) is 6.92 Å². The van der Waals surface area contributed by atoms with Crippen LogP contribution >= 0.6 is 0 Å². The Hall–Kier alpha value is -4.34. The lowest BCUT2D eigenvalue weighted by Crippen LogP contribution is -2.37. The lowest BCUT2D eigenvalue weighted by molar-refractivity contribution is -0.140. The van der Waals surface area contributed by atoms with E-state index >= 15 is 0 Å². The summed E-state index contributed by atoms with van der Waals surface area (Å²) in [4.78, 5) is 20.0. The molecule has 2 aromatic carbocycles. The number of hydrogen-bond donors (Lipinski definition) is 0. The van der Waals surface area contributed by atoms with E-state index in [2.05, 4.69) is 10.1 Å². The summed E-state index contributed by atoms with van der Waals surface area (Å²) in [5.74, 6) is 0.586. The number of amides is 1. The molecule has 0 unspecified atom stereocenters. The number of carbonyl (C=O) groups is 1. The fourth-order valence-corrected chi connectivity index (χ4v) is 5.61. The Morgan fingerprint density at radius 2 is 1.77 bits per heavy atom. The number of alkyl halides is 3. The van der Waals surface area contributed by atoms with Crippen LogP contribution in [0.2, 0.25) is 0 Å². The Labute approximate surface area is 223 Å².